The van der Waals surface area contributed by atoms with Crippen LogP contribution in [0.5, 0.6) is 5.75 Å². The monoisotopic (exact) mass is 406 g/mol. The van der Waals surface area contributed by atoms with E-state index in [-0.39, 0.29) is 27.6 Å². The second-order valence-electron chi connectivity index (χ2n) is 5.94. The number of carbonyl (C=O) groups is 1. The maximum Gasteiger partial charge on any atom is 0.417 e. The molecule has 0 saturated heterocycles. The number of fused-ring (bicyclic) bond motifs is 1. The van der Waals surface area contributed by atoms with Gasteiger partial charge in [0, 0.05) is 18.0 Å². The summed E-state index contributed by atoms with van der Waals surface area (Å²) in [5.41, 5.74) is 0.324. The lowest BCUT2D eigenvalue weighted by molar-refractivity contribution is -0.136. The maximum atomic E-state index is 13.4. The smallest absolute Gasteiger partial charge is 0.417 e. The Morgan fingerprint density at radius 1 is 1.14 bits per heavy atom. The minimum Gasteiger partial charge on any atom is -0.497 e. The first-order chi connectivity index (χ1) is 13.4. The second kappa shape index (κ2) is 8.52. The number of alkyl halides is 3. The second-order valence-corrected chi connectivity index (χ2v) is 6.94. The molecule has 1 N–H and O–H groups in total. The zero-order valence-electron chi connectivity index (χ0n) is 14.9. The van der Waals surface area contributed by atoms with E-state index in [9.17, 15) is 18.0 Å². The molecule has 0 aliphatic carbocycles. The number of pyridine rings is 1. The van der Waals surface area contributed by atoms with Crippen molar-refractivity contribution < 1.29 is 22.7 Å². The van der Waals surface area contributed by atoms with E-state index in [2.05, 4.69) is 10.3 Å². The summed E-state index contributed by atoms with van der Waals surface area (Å²) < 4.78 is 45.4. The normalized spacial score (nSPS) is 11.4. The molecule has 146 valence electrons. The van der Waals surface area contributed by atoms with Gasteiger partial charge in [-0.1, -0.05) is 42.1 Å². The summed E-state index contributed by atoms with van der Waals surface area (Å²) in [6, 6.07) is 14.6. The third kappa shape index (κ3) is 4.95. The molecule has 0 spiro atoms. The van der Waals surface area contributed by atoms with E-state index < -0.39 is 11.7 Å². The number of aromatic nitrogens is 1. The zero-order chi connectivity index (χ0) is 20.1. The highest BCUT2D eigenvalue weighted by atomic mass is 32.2. The fraction of sp³-hybridized carbons (Fsp3) is 0.200. The van der Waals surface area contributed by atoms with E-state index in [0.717, 1.165) is 23.4 Å². The van der Waals surface area contributed by atoms with Crippen molar-refractivity contribution in [1.82, 2.24) is 10.3 Å². The van der Waals surface area contributed by atoms with E-state index >= 15 is 0 Å². The minimum absolute atomic E-state index is 0.00817. The van der Waals surface area contributed by atoms with E-state index in [1.54, 1.807) is 0 Å². The lowest BCUT2D eigenvalue weighted by Gasteiger charge is -2.13. The summed E-state index contributed by atoms with van der Waals surface area (Å²) in [6.07, 6.45) is -4.53. The SMILES string of the molecule is COc1ccc2c(C(F)(F)F)cc(SCC(=O)NCc3ccccc3)nc2c1. The first-order valence-corrected chi connectivity index (χ1v) is 9.35. The fourth-order valence-corrected chi connectivity index (χ4v) is 3.35. The van der Waals surface area contributed by atoms with Gasteiger partial charge in [-0.2, -0.15) is 13.2 Å². The number of nitrogens with one attached hydrogen (secondary N) is 1. The average Bonchev–Trinajstić information content (AvgIpc) is 2.69. The molecule has 3 rings (SSSR count). The van der Waals surface area contributed by atoms with Crippen LogP contribution in [0.15, 0.2) is 59.6 Å². The highest BCUT2D eigenvalue weighted by molar-refractivity contribution is 7.99. The van der Waals surface area contributed by atoms with Crippen LogP contribution >= 0.6 is 11.8 Å². The van der Waals surface area contributed by atoms with E-state index in [0.29, 0.717) is 12.3 Å². The third-order valence-electron chi connectivity index (χ3n) is 3.98. The van der Waals surface area contributed by atoms with Gasteiger partial charge < -0.3 is 10.1 Å². The molecular weight excluding hydrogens is 389 g/mol. The van der Waals surface area contributed by atoms with Gasteiger partial charge in [-0.3, -0.25) is 4.79 Å². The molecule has 0 unspecified atom stereocenters. The van der Waals surface area contributed by atoms with Gasteiger partial charge in [0.15, 0.2) is 0 Å². The Labute approximate surface area is 164 Å². The Balaban J connectivity index is 1.75. The van der Waals surface area contributed by atoms with E-state index in [4.69, 9.17) is 4.74 Å². The standard InChI is InChI=1S/C20H17F3N2O2S/c1-27-14-7-8-15-16(20(21,22)23)10-19(25-17(15)9-14)28-12-18(26)24-11-13-5-3-2-4-6-13/h2-10H,11-12H2,1H3,(H,24,26). The molecule has 4 nitrogen and oxygen atoms in total. The van der Waals surface area contributed by atoms with Gasteiger partial charge in [-0.15, -0.1) is 0 Å². The number of carbonyl (C=O) groups excluding carboxylic acids is 1. The van der Waals surface area contributed by atoms with Gasteiger partial charge in [0.05, 0.1) is 29.0 Å². The molecule has 0 atom stereocenters. The molecule has 0 bridgehead atoms. The molecule has 0 radical (unpaired) electrons. The van der Waals surface area contributed by atoms with Crippen LogP contribution in [0, 0.1) is 0 Å². The summed E-state index contributed by atoms with van der Waals surface area (Å²) in [7, 11) is 1.43. The number of thioether (sulfide) groups is 1. The predicted molar refractivity (Wildman–Crippen MR) is 102 cm³/mol. The van der Waals surface area contributed by atoms with Crippen molar-refractivity contribution in [2.75, 3.05) is 12.9 Å². The first kappa shape index (κ1) is 20.0. The van der Waals surface area contributed by atoms with Crippen molar-refractivity contribution >= 4 is 28.6 Å². The van der Waals surface area contributed by atoms with Crippen molar-refractivity contribution in [2.24, 2.45) is 0 Å². The van der Waals surface area contributed by atoms with Gasteiger partial charge in [-0.05, 0) is 23.8 Å². The van der Waals surface area contributed by atoms with Crippen LogP contribution in [0.2, 0.25) is 0 Å². The highest BCUT2D eigenvalue weighted by Gasteiger charge is 2.33. The third-order valence-corrected chi connectivity index (χ3v) is 4.89. The molecule has 1 heterocycles. The van der Waals surface area contributed by atoms with Crippen LogP contribution in [0.3, 0.4) is 0 Å². The van der Waals surface area contributed by atoms with Crippen molar-refractivity contribution in [3.05, 3.63) is 65.7 Å². The predicted octanol–water partition coefficient (Wildman–Crippen LogP) is 4.67. The Hall–Kier alpha value is -2.74. The molecule has 2 aromatic carbocycles. The molecule has 1 amide bonds. The van der Waals surface area contributed by atoms with Crippen molar-refractivity contribution in [3.63, 3.8) is 0 Å². The molecule has 3 aromatic rings. The number of ether oxygens (including phenoxy) is 1. The number of rotatable bonds is 6. The van der Waals surface area contributed by atoms with Crippen LogP contribution in [0.4, 0.5) is 13.2 Å². The van der Waals surface area contributed by atoms with Gasteiger partial charge in [0.2, 0.25) is 5.91 Å². The Bertz CT molecular complexity index is 978. The van der Waals surface area contributed by atoms with Crippen molar-refractivity contribution in [3.8, 4) is 5.75 Å². The van der Waals surface area contributed by atoms with Gasteiger partial charge >= 0.3 is 6.18 Å². The van der Waals surface area contributed by atoms with Crippen LogP contribution in [0.1, 0.15) is 11.1 Å². The molecule has 1 aromatic heterocycles. The average molecular weight is 406 g/mol. The number of hydrogen-bond donors (Lipinski definition) is 1. The van der Waals surface area contributed by atoms with Gasteiger partial charge in [-0.25, -0.2) is 4.98 Å². The number of hydrogen-bond acceptors (Lipinski definition) is 4. The summed E-state index contributed by atoms with van der Waals surface area (Å²) >= 11 is 0.958. The molecule has 0 fully saturated rings. The Kier molecular flexibility index (Phi) is 6.08. The van der Waals surface area contributed by atoms with Crippen LogP contribution in [-0.2, 0) is 17.5 Å². The van der Waals surface area contributed by atoms with E-state index in [1.807, 2.05) is 30.3 Å². The number of amides is 1. The maximum absolute atomic E-state index is 13.4. The quantitative estimate of drug-likeness (QED) is 0.605. The molecular formula is C20H17F3N2O2S. The summed E-state index contributed by atoms with van der Waals surface area (Å²) in [5, 5.41) is 2.86. The lowest BCUT2D eigenvalue weighted by atomic mass is 10.1. The first-order valence-electron chi connectivity index (χ1n) is 8.36. The number of methoxy groups -OCH3 is 1. The number of halogens is 3. The number of nitrogens with zero attached hydrogens (tertiary/aromatic N) is 1. The molecule has 0 aliphatic heterocycles. The minimum atomic E-state index is -4.53. The molecule has 0 aliphatic rings. The largest absolute Gasteiger partial charge is 0.497 e. The molecule has 28 heavy (non-hydrogen) atoms. The summed E-state index contributed by atoms with van der Waals surface area (Å²) in [4.78, 5) is 16.3. The fourth-order valence-electron chi connectivity index (χ4n) is 2.61. The highest BCUT2D eigenvalue weighted by Crippen LogP contribution is 2.37. The van der Waals surface area contributed by atoms with Crippen LogP contribution < -0.4 is 10.1 Å². The van der Waals surface area contributed by atoms with Crippen molar-refractivity contribution in [1.29, 1.82) is 0 Å². The van der Waals surface area contributed by atoms with Crippen molar-refractivity contribution in [2.45, 2.75) is 17.7 Å². The topological polar surface area (TPSA) is 51.2 Å². The Morgan fingerprint density at radius 3 is 2.57 bits per heavy atom. The summed E-state index contributed by atoms with van der Waals surface area (Å²) in [5.74, 6) is 0.0953. The molecule has 0 saturated carbocycles. The lowest BCUT2D eigenvalue weighted by Crippen LogP contribution is -2.24. The van der Waals surface area contributed by atoms with Gasteiger partial charge in [0.1, 0.15) is 5.75 Å². The van der Waals surface area contributed by atoms with Gasteiger partial charge in [0.25, 0.3) is 0 Å². The van der Waals surface area contributed by atoms with Crippen LogP contribution in [0.25, 0.3) is 10.9 Å². The van der Waals surface area contributed by atoms with Crippen LogP contribution in [-0.4, -0.2) is 23.8 Å². The zero-order valence-corrected chi connectivity index (χ0v) is 15.7. The number of benzene rings is 2. The molecule has 8 heteroatoms. The van der Waals surface area contributed by atoms with E-state index in [1.165, 1.54) is 25.3 Å². The Morgan fingerprint density at radius 2 is 1.89 bits per heavy atom. The summed E-state index contributed by atoms with van der Waals surface area (Å²) in [6.45, 7) is 0.358.